The summed E-state index contributed by atoms with van der Waals surface area (Å²) in [6.07, 6.45) is 2.71. The monoisotopic (exact) mass is 358 g/mol. The van der Waals surface area contributed by atoms with Crippen LogP contribution in [-0.4, -0.2) is 25.2 Å². The molecule has 0 radical (unpaired) electrons. The van der Waals surface area contributed by atoms with E-state index in [1.54, 1.807) is 24.3 Å². The molecule has 1 amide bonds. The van der Waals surface area contributed by atoms with Crippen LogP contribution in [0.2, 0.25) is 0 Å². The number of nitrogens with two attached hydrogens (primary N) is 2. The molecule has 2 aromatic rings. The number of alkyl halides is 1. The van der Waals surface area contributed by atoms with Crippen molar-refractivity contribution in [2.75, 3.05) is 18.8 Å². The van der Waals surface area contributed by atoms with Crippen LogP contribution < -0.4 is 16.8 Å². The van der Waals surface area contributed by atoms with Crippen molar-refractivity contribution in [1.29, 1.82) is 0 Å². The summed E-state index contributed by atoms with van der Waals surface area (Å²) >= 11 is 0. The van der Waals surface area contributed by atoms with Gasteiger partial charge in [-0.2, -0.15) is 0 Å². The highest BCUT2D eigenvalue weighted by molar-refractivity contribution is 6.03. The standard InChI is InChI=1S/C19H20F2N4O/c20-15-7-2-12(17(22)16(15)18(23)26)10-25-14-5-3-13(4-6-14)19(21)8-1-9-24-11-19/h2-7,10,24H,1,8-9,11,22H2,(H2,23,26). The lowest BCUT2D eigenvalue weighted by Crippen LogP contribution is -2.39. The number of nitrogen functional groups attached to an aromatic ring is 1. The molecular formula is C19H20F2N4O. The number of halogens is 2. The minimum absolute atomic E-state index is 0.0612. The molecule has 0 spiro atoms. The average Bonchev–Trinajstić information content (AvgIpc) is 2.62. The topological polar surface area (TPSA) is 93.5 Å². The van der Waals surface area contributed by atoms with Crippen LogP contribution in [0.25, 0.3) is 0 Å². The predicted octanol–water partition coefficient (Wildman–Crippen LogP) is 2.81. The summed E-state index contributed by atoms with van der Waals surface area (Å²) in [5, 5.41) is 3.07. The van der Waals surface area contributed by atoms with Gasteiger partial charge in [-0.05, 0) is 49.2 Å². The summed E-state index contributed by atoms with van der Waals surface area (Å²) in [5.74, 6) is -1.71. The lowest BCUT2D eigenvalue weighted by molar-refractivity contribution is 0.0997. The third-order valence-corrected chi connectivity index (χ3v) is 4.54. The number of anilines is 1. The Hall–Kier alpha value is -2.80. The molecule has 1 atom stereocenters. The molecule has 2 aromatic carbocycles. The van der Waals surface area contributed by atoms with E-state index < -0.39 is 17.4 Å². The molecule has 0 aromatic heterocycles. The number of rotatable bonds is 4. The van der Waals surface area contributed by atoms with Crippen molar-refractivity contribution < 1.29 is 13.6 Å². The number of nitrogens with one attached hydrogen (secondary N) is 1. The van der Waals surface area contributed by atoms with Gasteiger partial charge in [0.1, 0.15) is 11.5 Å². The van der Waals surface area contributed by atoms with Gasteiger partial charge in [-0.3, -0.25) is 9.79 Å². The molecule has 1 fully saturated rings. The highest BCUT2D eigenvalue weighted by Gasteiger charge is 2.33. The molecule has 1 aliphatic heterocycles. The van der Waals surface area contributed by atoms with Crippen LogP contribution >= 0.6 is 0 Å². The van der Waals surface area contributed by atoms with Gasteiger partial charge >= 0.3 is 0 Å². The van der Waals surface area contributed by atoms with E-state index in [0.29, 0.717) is 29.8 Å². The quantitative estimate of drug-likeness (QED) is 0.579. The van der Waals surface area contributed by atoms with Crippen LogP contribution in [-0.2, 0) is 5.67 Å². The van der Waals surface area contributed by atoms with Crippen molar-refractivity contribution in [3.63, 3.8) is 0 Å². The van der Waals surface area contributed by atoms with Crippen molar-refractivity contribution >= 4 is 23.5 Å². The first-order valence-electron chi connectivity index (χ1n) is 8.33. The van der Waals surface area contributed by atoms with Crippen molar-refractivity contribution in [3.05, 3.63) is 58.9 Å². The maximum atomic E-state index is 14.9. The fourth-order valence-corrected chi connectivity index (χ4v) is 3.08. The number of piperidine rings is 1. The Morgan fingerprint density at radius 2 is 1.96 bits per heavy atom. The maximum absolute atomic E-state index is 14.9. The Labute approximate surface area is 150 Å². The van der Waals surface area contributed by atoms with E-state index >= 15 is 0 Å². The average molecular weight is 358 g/mol. The highest BCUT2D eigenvalue weighted by Crippen LogP contribution is 2.33. The second-order valence-electron chi connectivity index (χ2n) is 6.34. The van der Waals surface area contributed by atoms with E-state index in [1.165, 1.54) is 12.3 Å². The number of aliphatic imine (C=N–C) groups is 1. The Morgan fingerprint density at radius 1 is 1.23 bits per heavy atom. The lowest BCUT2D eigenvalue weighted by atomic mass is 9.88. The number of hydrogen-bond acceptors (Lipinski definition) is 4. The predicted molar refractivity (Wildman–Crippen MR) is 97.9 cm³/mol. The fraction of sp³-hybridized carbons (Fsp3) is 0.263. The zero-order valence-corrected chi connectivity index (χ0v) is 14.1. The summed E-state index contributed by atoms with van der Waals surface area (Å²) in [4.78, 5) is 15.6. The largest absolute Gasteiger partial charge is 0.397 e. The van der Waals surface area contributed by atoms with Crippen molar-refractivity contribution in [2.24, 2.45) is 10.7 Å². The first-order valence-corrected chi connectivity index (χ1v) is 8.33. The van der Waals surface area contributed by atoms with Gasteiger partial charge in [-0.1, -0.05) is 12.1 Å². The number of benzene rings is 2. The van der Waals surface area contributed by atoms with E-state index in [1.807, 2.05) is 0 Å². The van der Waals surface area contributed by atoms with Gasteiger partial charge < -0.3 is 16.8 Å². The third kappa shape index (κ3) is 3.57. The molecule has 3 rings (SSSR count). The van der Waals surface area contributed by atoms with Crippen LogP contribution in [0, 0.1) is 5.82 Å². The normalized spacial score (nSPS) is 20.4. The minimum atomic E-state index is -1.36. The SMILES string of the molecule is NC(=O)c1c(F)ccc(C=Nc2ccc(C3(F)CCCNC3)cc2)c1N. The summed E-state index contributed by atoms with van der Waals surface area (Å²) in [5.41, 5.74) is 10.7. The van der Waals surface area contributed by atoms with E-state index in [4.69, 9.17) is 11.5 Å². The molecule has 7 heteroatoms. The Balaban J connectivity index is 1.81. The molecule has 0 saturated carbocycles. The van der Waals surface area contributed by atoms with E-state index in [2.05, 4.69) is 10.3 Å². The molecule has 1 heterocycles. The smallest absolute Gasteiger partial charge is 0.253 e. The summed E-state index contributed by atoms with van der Waals surface area (Å²) in [6, 6.07) is 9.36. The number of primary amides is 1. The van der Waals surface area contributed by atoms with Gasteiger partial charge in [0.2, 0.25) is 0 Å². The molecule has 5 nitrogen and oxygen atoms in total. The van der Waals surface area contributed by atoms with E-state index in [0.717, 1.165) is 19.0 Å². The fourth-order valence-electron chi connectivity index (χ4n) is 3.08. The molecule has 0 bridgehead atoms. The van der Waals surface area contributed by atoms with Crippen molar-refractivity contribution in [1.82, 2.24) is 5.32 Å². The number of carbonyl (C=O) groups is 1. The number of nitrogens with zero attached hydrogens (tertiary/aromatic N) is 1. The Bertz CT molecular complexity index is 843. The molecule has 26 heavy (non-hydrogen) atoms. The van der Waals surface area contributed by atoms with Gasteiger partial charge in [0.25, 0.3) is 5.91 Å². The molecule has 1 aliphatic rings. The van der Waals surface area contributed by atoms with Gasteiger partial charge in [0, 0.05) is 18.3 Å². The summed E-state index contributed by atoms with van der Waals surface area (Å²) in [6.45, 7) is 1.14. The van der Waals surface area contributed by atoms with Crippen LogP contribution in [0.15, 0.2) is 41.4 Å². The number of hydrogen-bond donors (Lipinski definition) is 3. The van der Waals surface area contributed by atoms with E-state index in [9.17, 15) is 13.6 Å². The Morgan fingerprint density at radius 3 is 2.58 bits per heavy atom. The third-order valence-electron chi connectivity index (χ3n) is 4.54. The minimum Gasteiger partial charge on any atom is -0.397 e. The molecular weight excluding hydrogens is 338 g/mol. The first-order chi connectivity index (χ1) is 12.4. The second kappa shape index (κ2) is 7.21. The van der Waals surface area contributed by atoms with Crippen LogP contribution in [0.4, 0.5) is 20.2 Å². The maximum Gasteiger partial charge on any atom is 0.253 e. The first kappa shape index (κ1) is 18.0. The molecule has 0 aliphatic carbocycles. The Kier molecular flexibility index (Phi) is 4.99. The molecule has 5 N–H and O–H groups in total. The molecule has 1 saturated heterocycles. The zero-order chi connectivity index (χ0) is 18.7. The van der Waals surface area contributed by atoms with Crippen LogP contribution in [0.1, 0.15) is 34.3 Å². The van der Waals surface area contributed by atoms with Crippen LogP contribution in [0.5, 0.6) is 0 Å². The van der Waals surface area contributed by atoms with Gasteiger partial charge in [-0.15, -0.1) is 0 Å². The molecule has 1 unspecified atom stereocenters. The lowest BCUT2D eigenvalue weighted by Gasteiger charge is -2.30. The van der Waals surface area contributed by atoms with Gasteiger partial charge in [0.15, 0.2) is 0 Å². The van der Waals surface area contributed by atoms with Crippen LogP contribution in [0.3, 0.4) is 0 Å². The second-order valence-corrected chi connectivity index (χ2v) is 6.34. The van der Waals surface area contributed by atoms with Gasteiger partial charge in [-0.25, -0.2) is 8.78 Å². The van der Waals surface area contributed by atoms with Crippen molar-refractivity contribution in [3.8, 4) is 0 Å². The van der Waals surface area contributed by atoms with Crippen molar-refractivity contribution in [2.45, 2.75) is 18.5 Å². The molecule has 136 valence electrons. The number of carbonyl (C=O) groups excluding carboxylic acids is 1. The van der Waals surface area contributed by atoms with E-state index in [-0.39, 0.29) is 11.3 Å². The summed E-state index contributed by atoms with van der Waals surface area (Å²) in [7, 11) is 0. The van der Waals surface area contributed by atoms with Gasteiger partial charge in [0.05, 0.1) is 16.9 Å². The zero-order valence-electron chi connectivity index (χ0n) is 14.1. The summed E-state index contributed by atoms with van der Waals surface area (Å²) < 4.78 is 28.5. The number of amides is 1. The highest BCUT2D eigenvalue weighted by atomic mass is 19.1.